The lowest BCUT2D eigenvalue weighted by molar-refractivity contribution is -0.109. The van der Waals surface area contributed by atoms with Crippen molar-refractivity contribution in [3.8, 4) is 0 Å². The Bertz CT molecular complexity index is 453. The molecular weight excluding hydrogens is 272 g/mol. The standard InChI is InChI=1S/C10H8Cl2FNO3/c11-5-1-2-6(12)9(13)8(5)7(3-4-15)17-10(14)16/h1-2,4,7H,3H2,(H2,14,16). The average Bonchev–Trinajstić information content (AvgIpc) is 2.23. The van der Waals surface area contributed by atoms with Crippen LogP contribution in [0.15, 0.2) is 12.1 Å². The average molecular weight is 280 g/mol. The lowest BCUT2D eigenvalue weighted by atomic mass is 10.1. The summed E-state index contributed by atoms with van der Waals surface area (Å²) in [7, 11) is 0. The van der Waals surface area contributed by atoms with E-state index in [9.17, 15) is 14.0 Å². The molecule has 7 heteroatoms. The molecule has 1 amide bonds. The van der Waals surface area contributed by atoms with Crippen molar-refractivity contribution in [3.05, 3.63) is 33.6 Å². The molecule has 0 aromatic heterocycles. The van der Waals surface area contributed by atoms with Gasteiger partial charge in [-0.25, -0.2) is 9.18 Å². The van der Waals surface area contributed by atoms with Crippen LogP contribution in [0.3, 0.4) is 0 Å². The number of amides is 1. The summed E-state index contributed by atoms with van der Waals surface area (Å²) in [6.07, 6.45) is -2.12. The van der Waals surface area contributed by atoms with Crippen molar-refractivity contribution in [2.24, 2.45) is 5.73 Å². The van der Waals surface area contributed by atoms with E-state index >= 15 is 0 Å². The van der Waals surface area contributed by atoms with Crippen LogP contribution in [0.2, 0.25) is 10.0 Å². The van der Waals surface area contributed by atoms with Crippen molar-refractivity contribution in [1.82, 2.24) is 0 Å². The Labute approximate surface area is 106 Å². The predicted octanol–water partition coefficient (Wildman–Crippen LogP) is 2.86. The molecule has 0 saturated heterocycles. The number of hydrogen-bond donors (Lipinski definition) is 1. The van der Waals surface area contributed by atoms with E-state index in [0.29, 0.717) is 6.29 Å². The molecule has 0 fully saturated rings. The Hall–Kier alpha value is -1.33. The van der Waals surface area contributed by atoms with Gasteiger partial charge in [-0.1, -0.05) is 23.2 Å². The molecule has 1 atom stereocenters. The number of nitrogens with two attached hydrogens (primary N) is 1. The van der Waals surface area contributed by atoms with Crippen LogP contribution in [0.1, 0.15) is 18.1 Å². The fraction of sp³-hybridized carbons (Fsp3) is 0.200. The molecule has 0 aliphatic carbocycles. The Balaban J connectivity index is 3.21. The normalized spacial score (nSPS) is 11.9. The molecule has 0 aliphatic heterocycles. The van der Waals surface area contributed by atoms with E-state index in [2.05, 4.69) is 4.74 Å². The maximum Gasteiger partial charge on any atom is 0.405 e. The molecule has 0 aliphatic rings. The van der Waals surface area contributed by atoms with E-state index < -0.39 is 18.0 Å². The lowest BCUT2D eigenvalue weighted by Gasteiger charge is -2.17. The third kappa shape index (κ3) is 3.31. The Kier molecular flexibility index (Phi) is 4.72. The van der Waals surface area contributed by atoms with E-state index in [1.807, 2.05) is 0 Å². The van der Waals surface area contributed by atoms with E-state index in [4.69, 9.17) is 28.9 Å². The number of aldehydes is 1. The predicted molar refractivity (Wildman–Crippen MR) is 60.5 cm³/mol. The molecule has 1 unspecified atom stereocenters. The minimum absolute atomic E-state index is 0.000000000000000666. The topological polar surface area (TPSA) is 69.4 Å². The second-order valence-electron chi connectivity index (χ2n) is 3.08. The van der Waals surface area contributed by atoms with E-state index in [1.54, 1.807) is 0 Å². The molecule has 4 nitrogen and oxygen atoms in total. The smallest absolute Gasteiger partial charge is 0.405 e. The number of primary amides is 1. The Morgan fingerprint density at radius 2 is 2.06 bits per heavy atom. The highest BCUT2D eigenvalue weighted by Crippen LogP contribution is 2.33. The number of carbonyl (C=O) groups is 2. The van der Waals surface area contributed by atoms with Crippen LogP contribution in [0.25, 0.3) is 0 Å². The third-order valence-electron chi connectivity index (χ3n) is 1.97. The van der Waals surface area contributed by atoms with E-state index in [-0.39, 0.29) is 22.0 Å². The minimum Gasteiger partial charge on any atom is -0.441 e. The summed E-state index contributed by atoms with van der Waals surface area (Å²) in [5.74, 6) is -0.840. The molecule has 0 radical (unpaired) electrons. The van der Waals surface area contributed by atoms with Gasteiger partial charge in [0.1, 0.15) is 18.2 Å². The number of benzene rings is 1. The van der Waals surface area contributed by atoms with Gasteiger partial charge in [-0.2, -0.15) is 0 Å². The van der Waals surface area contributed by atoms with Crippen molar-refractivity contribution in [2.75, 3.05) is 0 Å². The van der Waals surface area contributed by atoms with Gasteiger partial charge in [-0.05, 0) is 12.1 Å². The zero-order valence-electron chi connectivity index (χ0n) is 8.45. The summed E-state index contributed by atoms with van der Waals surface area (Å²) in [5, 5.41) is -0.187. The summed E-state index contributed by atoms with van der Waals surface area (Å²) in [4.78, 5) is 21.1. The highest BCUT2D eigenvalue weighted by atomic mass is 35.5. The van der Waals surface area contributed by atoms with Gasteiger partial charge in [0.15, 0.2) is 0 Å². The zero-order chi connectivity index (χ0) is 13.0. The molecule has 0 bridgehead atoms. The maximum absolute atomic E-state index is 13.7. The summed E-state index contributed by atoms with van der Waals surface area (Å²) in [5.41, 5.74) is 4.66. The minimum atomic E-state index is -1.18. The quantitative estimate of drug-likeness (QED) is 0.681. The van der Waals surface area contributed by atoms with Crippen molar-refractivity contribution in [3.63, 3.8) is 0 Å². The van der Waals surface area contributed by atoms with Crippen LogP contribution in [-0.2, 0) is 9.53 Å². The Morgan fingerprint density at radius 3 is 2.59 bits per heavy atom. The summed E-state index contributed by atoms with van der Waals surface area (Å²) < 4.78 is 18.3. The van der Waals surface area contributed by atoms with Crippen LogP contribution in [-0.4, -0.2) is 12.4 Å². The summed E-state index contributed by atoms with van der Waals surface area (Å²) in [6.45, 7) is 0. The first-order chi connectivity index (χ1) is 7.97. The molecule has 0 heterocycles. The van der Waals surface area contributed by atoms with Crippen LogP contribution < -0.4 is 5.73 Å². The Morgan fingerprint density at radius 1 is 1.47 bits per heavy atom. The summed E-state index contributed by atoms with van der Waals surface area (Å²) >= 11 is 11.3. The second kappa shape index (κ2) is 5.84. The fourth-order valence-electron chi connectivity index (χ4n) is 1.29. The number of hydrogen-bond acceptors (Lipinski definition) is 3. The SMILES string of the molecule is NC(=O)OC(CC=O)c1c(Cl)ccc(Cl)c1F. The van der Waals surface area contributed by atoms with Crippen molar-refractivity contribution in [1.29, 1.82) is 0 Å². The molecule has 0 spiro atoms. The zero-order valence-corrected chi connectivity index (χ0v) is 9.96. The van der Waals surface area contributed by atoms with Gasteiger partial charge in [0.05, 0.1) is 10.0 Å². The second-order valence-corrected chi connectivity index (χ2v) is 3.90. The maximum atomic E-state index is 13.7. The van der Waals surface area contributed by atoms with Gasteiger partial charge in [-0.3, -0.25) is 0 Å². The molecule has 1 aromatic rings. The van der Waals surface area contributed by atoms with Crippen LogP contribution in [0, 0.1) is 5.82 Å². The highest BCUT2D eigenvalue weighted by Gasteiger charge is 2.23. The van der Waals surface area contributed by atoms with Crippen LogP contribution in [0.4, 0.5) is 9.18 Å². The first-order valence-electron chi connectivity index (χ1n) is 4.50. The lowest BCUT2D eigenvalue weighted by Crippen LogP contribution is -2.19. The van der Waals surface area contributed by atoms with Crippen molar-refractivity contribution >= 4 is 35.6 Å². The number of carbonyl (C=O) groups excluding carboxylic acids is 2. The molecule has 92 valence electrons. The van der Waals surface area contributed by atoms with Crippen molar-refractivity contribution < 1.29 is 18.7 Å². The van der Waals surface area contributed by atoms with Crippen LogP contribution in [0.5, 0.6) is 0 Å². The number of rotatable bonds is 4. The molecule has 0 saturated carbocycles. The van der Waals surface area contributed by atoms with Gasteiger partial charge >= 0.3 is 6.09 Å². The van der Waals surface area contributed by atoms with E-state index in [1.165, 1.54) is 12.1 Å². The molecule has 2 N–H and O–H groups in total. The first-order valence-corrected chi connectivity index (χ1v) is 5.26. The van der Waals surface area contributed by atoms with Crippen molar-refractivity contribution in [2.45, 2.75) is 12.5 Å². The number of ether oxygens (including phenoxy) is 1. The first kappa shape index (κ1) is 13.7. The van der Waals surface area contributed by atoms with Gasteiger partial charge in [0.25, 0.3) is 0 Å². The largest absolute Gasteiger partial charge is 0.441 e. The highest BCUT2D eigenvalue weighted by molar-refractivity contribution is 6.33. The fourth-order valence-corrected chi connectivity index (χ4v) is 1.72. The molecular formula is C10H8Cl2FNO3. The molecule has 1 aromatic carbocycles. The molecule has 1 rings (SSSR count). The van der Waals surface area contributed by atoms with Crippen LogP contribution >= 0.6 is 23.2 Å². The van der Waals surface area contributed by atoms with Gasteiger partial charge in [-0.15, -0.1) is 0 Å². The molecule has 17 heavy (non-hydrogen) atoms. The van der Waals surface area contributed by atoms with Gasteiger partial charge < -0.3 is 15.3 Å². The number of halogens is 3. The monoisotopic (exact) mass is 279 g/mol. The van der Waals surface area contributed by atoms with Gasteiger partial charge in [0.2, 0.25) is 0 Å². The van der Waals surface area contributed by atoms with E-state index in [0.717, 1.165) is 0 Å². The third-order valence-corrected chi connectivity index (χ3v) is 2.59. The summed E-state index contributed by atoms with van der Waals surface area (Å²) in [6, 6.07) is 2.59. The van der Waals surface area contributed by atoms with Gasteiger partial charge in [0, 0.05) is 12.0 Å².